The SMILES string of the molecule is NC1CCC(CC2CCC(N)CC2)CC1.NC1CCC(CC2CCC(N)CC2)CC1.NC1CCC(CC2CCC(N)CC2)CC1.Nc1ccc(Cc2ccc(N)cc2)cc1.[HH]. The van der Waals surface area contributed by atoms with Gasteiger partial charge in [0, 0.05) is 49.1 Å². The fourth-order valence-corrected chi connectivity index (χ4v) is 11.5. The largest absolute Gasteiger partial charge is 0.399 e. The Morgan fingerprint density at radius 3 is 0.617 bits per heavy atom. The molecule has 0 aliphatic heterocycles. The molecule has 0 aromatic heterocycles. The van der Waals surface area contributed by atoms with Crippen LogP contribution >= 0.6 is 0 Å². The Morgan fingerprint density at radius 2 is 0.450 bits per heavy atom. The molecule has 6 fully saturated rings. The summed E-state index contributed by atoms with van der Waals surface area (Å²) in [7, 11) is 0. The second kappa shape index (κ2) is 26.4. The van der Waals surface area contributed by atoms with E-state index in [0.29, 0.717) is 36.3 Å². The smallest absolute Gasteiger partial charge is 0.0314 e. The maximum Gasteiger partial charge on any atom is 0.0314 e. The Hall–Kier alpha value is -2.20. The first-order valence-electron chi connectivity index (χ1n) is 25.2. The average Bonchev–Trinajstić information content (AvgIpc) is 3.25. The molecule has 6 aliphatic carbocycles. The van der Waals surface area contributed by atoms with Crippen LogP contribution in [0.4, 0.5) is 11.4 Å². The van der Waals surface area contributed by atoms with Gasteiger partial charge in [-0.25, -0.2) is 0 Å². The molecule has 0 unspecified atom stereocenters. The van der Waals surface area contributed by atoms with Gasteiger partial charge in [0.1, 0.15) is 0 Å². The summed E-state index contributed by atoms with van der Waals surface area (Å²) in [6.45, 7) is 0. The van der Waals surface area contributed by atoms with E-state index in [1.165, 1.54) is 184 Å². The van der Waals surface area contributed by atoms with Gasteiger partial charge in [0.2, 0.25) is 0 Å². The molecule has 0 bridgehead atoms. The zero-order valence-corrected chi connectivity index (χ0v) is 38.0. The Kier molecular flexibility index (Phi) is 21.5. The summed E-state index contributed by atoms with van der Waals surface area (Å²) >= 11 is 0. The predicted octanol–water partition coefficient (Wildman–Crippen LogP) is 9.92. The van der Waals surface area contributed by atoms with E-state index in [1.54, 1.807) is 0 Å². The molecule has 2 aromatic rings. The van der Waals surface area contributed by atoms with E-state index in [9.17, 15) is 0 Å². The van der Waals surface area contributed by atoms with Crippen LogP contribution in [0.1, 0.15) is 186 Å². The fraction of sp³-hybridized carbons (Fsp3) is 0.769. The second-order valence-electron chi connectivity index (χ2n) is 21.1. The minimum Gasteiger partial charge on any atom is -0.399 e. The highest BCUT2D eigenvalue weighted by molar-refractivity contribution is 5.43. The van der Waals surface area contributed by atoms with Crippen LogP contribution in [0.25, 0.3) is 0 Å². The van der Waals surface area contributed by atoms with Gasteiger partial charge in [-0.05, 0) is 251 Å². The third-order valence-corrected chi connectivity index (χ3v) is 15.7. The predicted molar refractivity (Wildman–Crippen MR) is 260 cm³/mol. The zero-order valence-electron chi connectivity index (χ0n) is 38.0. The molecule has 0 saturated heterocycles. The summed E-state index contributed by atoms with van der Waals surface area (Å²) in [6, 6.07) is 18.9. The minimum atomic E-state index is 0. The lowest BCUT2D eigenvalue weighted by Gasteiger charge is -2.32. The van der Waals surface area contributed by atoms with Gasteiger partial charge < -0.3 is 45.9 Å². The van der Waals surface area contributed by atoms with Crippen molar-refractivity contribution >= 4 is 11.4 Å². The van der Waals surface area contributed by atoms with Gasteiger partial charge >= 0.3 is 0 Å². The van der Waals surface area contributed by atoms with Crippen LogP contribution in [0.15, 0.2) is 48.5 Å². The number of benzene rings is 2. The molecule has 8 rings (SSSR count). The van der Waals surface area contributed by atoms with Gasteiger partial charge in [0.05, 0.1) is 0 Å². The highest BCUT2D eigenvalue weighted by atomic mass is 14.7. The van der Waals surface area contributed by atoms with E-state index in [-0.39, 0.29) is 1.43 Å². The van der Waals surface area contributed by atoms with Gasteiger partial charge in [-0.15, -0.1) is 0 Å². The highest BCUT2D eigenvalue weighted by Gasteiger charge is 2.27. The maximum absolute atomic E-state index is 5.93. The van der Waals surface area contributed by atoms with Crippen molar-refractivity contribution in [1.82, 2.24) is 0 Å². The summed E-state index contributed by atoms with van der Waals surface area (Å²) in [6.07, 6.45) is 37.0. The van der Waals surface area contributed by atoms with Crippen LogP contribution in [-0.2, 0) is 6.42 Å². The van der Waals surface area contributed by atoms with Crippen molar-refractivity contribution in [3.63, 3.8) is 0 Å². The molecule has 8 heteroatoms. The first kappa shape index (κ1) is 48.8. The van der Waals surface area contributed by atoms with E-state index in [1.807, 2.05) is 48.5 Å². The molecule has 2 aromatic carbocycles. The van der Waals surface area contributed by atoms with Gasteiger partial charge in [-0.3, -0.25) is 0 Å². The number of nitrogen functional groups attached to an aromatic ring is 2. The Balaban J connectivity index is 0.000000178. The summed E-state index contributed by atoms with van der Waals surface area (Å²) in [5.74, 6) is 5.86. The highest BCUT2D eigenvalue weighted by Crippen LogP contribution is 2.37. The zero-order chi connectivity index (χ0) is 42.7. The Bertz CT molecular complexity index is 1170. The number of hydrogen-bond acceptors (Lipinski definition) is 8. The molecule has 6 saturated carbocycles. The molecule has 0 amide bonds. The third kappa shape index (κ3) is 19.0. The van der Waals surface area contributed by atoms with E-state index in [2.05, 4.69) is 0 Å². The van der Waals surface area contributed by atoms with Gasteiger partial charge in [-0.2, -0.15) is 0 Å². The van der Waals surface area contributed by atoms with E-state index in [0.717, 1.165) is 53.3 Å². The van der Waals surface area contributed by atoms with Crippen molar-refractivity contribution in [2.24, 2.45) is 69.9 Å². The van der Waals surface area contributed by atoms with Gasteiger partial charge in [-0.1, -0.05) is 24.3 Å². The van der Waals surface area contributed by atoms with Gasteiger partial charge in [0.25, 0.3) is 0 Å². The average molecular weight is 831 g/mol. The third-order valence-electron chi connectivity index (χ3n) is 15.7. The molecule has 6 aliphatic rings. The monoisotopic (exact) mass is 831 g/mol. The molecule has 16 N–H and O–H groups in total. The lowest BCUT2D eigenvalue weighted by molar-refractivity contribution is 0.225. The van der Waals surface area contributed by atoms with Crippen LogP contribution in [0.5, 0.6) is 0 Å². The number of rotatable bonds is 8. The van der Waals surface area contributed by atoms with Crippen molar-refractivity contribution in [2.75, 3.05) is 11.5 Å². The van der Waals surface area contributed by atoms with Crippen molar-refractivity contribution in [3.05, 3.63) is 59.7 Å². The molecule has 0 atom stereocenters. The normalized spacial score (nSPS) is 34.6. The number of anilines is 2. The molecule has 8 nitrogen and oxygen atoms in total. The van der Waals surface area contributed by atoms with Crippen LogP contribution in [-0.4, -0.2) is 36.3 Å². The van der Waals surface area contributed by atoms with Crippen molar-refractivity contribution in [3.8, 4) is 0 Å². The van der Waals surface area contributed by atoms with E-state index >= 15 is 0 Å². The topological polar surface area (TPSA) is 208 Å². The molecule has 60 heavy (non-hydrogen) atoms. The van der Waals surface area contributed by atoms with Crippen LogP contribution in [0, 0.1) is 35.5 Å². The molecule has 342 valence electrons. The first-order valence-corrected chi connectivity index (χ1v) is 25.2. The van der Waals surface area contributed by atoms with Gasteiger partial charge in [0.15, 0.2) is 0 Å². The van der Waals surface area contributed by atoms with Crippen molar-refractivity contribution in [1.29, 1.82) is 0 Å². The summed E-state index contributed by atoms with van der Waals surface area (Å²) in [4.78, 5) is 0. The van der Waals surface area contributed by atoms with Crippen molar-refractivity contribution < 1.29 is 1.43 Å². The first-order chi connectivity index (χ1) is 28.9. The van der Waals surface area contributed by atoms with E-state index in [4.69, 9.17) is 45.9 Å². The molecule has 0 heterocycles. The summed E-state index contributed by atoms with van der Waals surface area (Å²) in [5, 5.41) is 0. The quantitative estimate of drug-likeness (QED) is 0.120. The molecule has 0 radical (unpaired) electrons. The number of hydrogen-bond donors (Lipinski definition) is 8. The maximum atomic E-state index is 5.93. The molecular formula is C52H94N8. The Morgan fingerprint density at radius 1 is 0.283 bits per heavy atom. The molecular weight excluding hydrogens is 737 g/mol. The second-order valence-corrected chi connectivity index (χ2v) is 21.1. The lowest BCUT2D eigenvalue weighted by atomic mass is 9.76. The van der Waals surface area contributed by atoms with Crippen LogP contribution < -0.4 is 45.9 Å². The molecule has 0 spiro atoms. The summed E-state index contributed by atoms with van der Waals surface area (Å²) < 4.78 is 0. The van der Waals surface area contributed by atoms with Crippen LogP contribution in [0.3, 0.4) is 0 Å². The van der Waals surface area contributed by atoms with E-state index < -0.39 is 0 Å². The van der Waals surface area contributed by atoms with Crippen molar-refractivity contribution in [2.45, 2.75) is 216 Å². The number of nitrogens with two attached hydrogens (primary N) is 8. The minimum absolute atomic E-state index is 0. The Labute approximate surface area is 368 Å². The fourth-order valence-electron chi connectivity index (χ4n) is 11.5. The lowest BCUT2D eigenvalue weighted by Crippen LogP contribution is -2.30. The summed E-state index contributed by atoms with van der Waals surface area (Å²) in [5.41, 5.74) is 51.0. The standard InChI is InChI=1S/3C13H26N2.C13H14N2.H2/c4*14-12-5-1-10(2-6-12)9-11-3-7-13(15)8-4-11;/h3*10-13H,1-9,14-15H2;1-8H,9,14-15H2;1H. The van der Waals surface area contributed by atoms with Crippen LogP contribution in [0.2, 0.25) is 0 Å².